The summed E-state index contributed by atoms with van der Waals surface area (Å²) < 4.78 is 0. The van der Waals surface area contributed by atoms with Crippen molar-refractivity contribution in [3.05, 3.63) is 35.9 Å². The lowest BCUT2D eigenvalue weighted by atomic mass is 9.91. The van der Waals surface area contributed by atoms with E-state index in [0.717, 1.165) is 19.0 Å². The van der Waals surface area contributed by atoms with Gasteiger partial charge in [0.05, 0.1) is 0 Å². The fraction of sp³-hybridized carbons (Fsp3) is 0.647. The lowest BCUT2D eigenvalue weighted by Gasteiger charge is -2.42. The Morgan fingerprint density at radius 2 is 1.95 bits per heavy atom. The van der Waals surface area contributed by atoms with E-state index in [0.29, 0.717) is 12.1 Å². The first-order valence-corrected chi connectivity index (χ1v) is 7.73. The van der Waals surface area contributed by atoms with Crippen LogP contribution in [0.3, 0.4) is 0 Å². The number of hydrogen-bond acceptors (Lipinski definition) is 2. The molecule has 1 saturated heterocycles. The van der Waals surface area contributed by atoms with Crippen LogP contribution in [0.25, 0.3) is 0 Å². The molecule has 1 aromatic carbocycles. The smallest absolute Gasteiger partial charge is 0.0475 e. The summed E-state index contributed by atoms with van der Waals surface area (Å²) in [5.74, 6) is 0.823. The average molecular weight is 260 g/mol. The third-order valence-corrected chi connectivity index (χ3v) is 4.34. The van der Waals surface area contributed by atoms with Gasteiger partial charge in [0.1, 0.15) is 0 Å². The standard InChI is InChI=1S/C17H28N2/c1-4-18-12-17(16-8-6-5-7-9-16)19-13-14(2)10-11-15(19)3/h5-9,14-15,17-18H,4,10-13H2,1-3H3. The highest BCUT2D eigenvalue weighted by atomic mass is 15.2. The van der Waals surface area contributed by atoms with Gasteiger partial charge in [-0.05, 0) is 37.8 Å². The number of benzene rings is 1. The van der Waals surface area contributed by atoms with Crippen LogP contribution < -0.4 is 5.32 Å². The summed E-state index contributed by atoms with van der Waals surface area (Å²) in [5.41, 5.74) is 1.45. The molecule has 1 heterocycles. The molecule has 1 aliphatic rings. The third-order valence-electron chi connectivity index (χ3n) is 4.34. The summed E-state index contributed by atoms with van der Waals surface area (Å²) in [6.45, 7) is 10.3. The summed E-state index contributed by atoms with van der Waals surface area (Å²) in [6.07, 6.45) is 2.71. The molecule has 1 fully saturated rings. The number of likely N-dealkylation sites (N-methyl/N-ethyl adjacent to an activating group) is 1. The van der Waals surface area contributed by atoms with Crippen LogP contribution in [-0.4, -0.2) is 30.6 Å². The predicted octanol–water partition coefficient (Wildman–Crippen LogP) is 3.46. The Bertz CT molecular complexity index is 363. The lowest BCUT2D eigenvalue weighted by molar-refractivity contribution is 0.0759. The summed E-state index contributed by atoms with van der Waals surface area (Å²) in [5, 5.41) is 3.54. The maximum atomic E-state index is 3.54. The van der Waals surface area contributed by atoms with Crippen molar-refractivity contribution in [1.29, 1.82) is 0 Å². The molecule has 2 rings (SSSR count). The Labute approximate surface area is 118 Å². The van der Waals surface area contributed by atoms with Gasteiger partial charge in [-0.25, -0.2) is 0 Å². The van der Waals surface area contributed by atoms with E-state index in [2.05, 4.69) is 61.3 Å². The molecule has 1 N–H and O–H groups in total. The highest BCUT2D eigenvalue weighted by molar-refractivity contribution is 5.20. The Kier molecular flexibility index (Phi) is 5.41. The van der Waals surface area contributed by atoms with Crippen LogP contribution >= 0.6 is 0 Å². The van der Waals surface area contributed by atoms with Gasteiger partial charge in [-0.15, -0.1) is 0 Å². The minimum absolute atomic E-state index is 0.513. The van der Waals surface area contributed by atoms with E-state index in [4.69, 9.17) is 0 Å². The van der Waals surface area contributed by atoms with Crippen LogP contribution in [0.15, 0.2) is 30.3 Å². The van der Waals surface area contributed by atoms with Gasteiger partial charge in [-0.3, -0.25) is 4.90 Å². The van der Waals surface area contributed by atoms with E-state index in [1.807, 2.05) is 0 Å². The normalized spacial score (nSPS) is 26.3. The Hall–Kier alpha value is -0.860. The quantitative estimate of drug-likeness (QED) is 0.872. The summed E-state index contributed by atoms with van der Waals surface area (Å²) >= 11 is 0. The second-order valence-electron chi connectivity index (χ2n) is 5.96. The number of rotatable bonds is 5. The van der Waals surface area contributed by atoms with Gasteiger partial charge in [0.15, 0.2) is 0 Å². The monoisotopic (exact) mass is 260 g/mol. The van der Waals surface area contributed by atoms with Crippen LogP contribution in [0.1, 0.15) is 45.2 Å². The van der Waals surface area contributed by atoms with Crippen LogP contribution in [-0.2, 0) is 0 Å². The SMILES string of the molecule is CCNCC(c1ccccc1)N1CC(C)CCC1C. The van der Waals surface area contributed by atoms with Gasteiger partial charge in [-0.1, -0.05) is 44.2 Å². The van der Waals surface area contributed by atoms with Crippen LogP contribution in [0, 0.1) is 5.92 Å². The Morgan fingerprint density at radius 1 is 1.21 bits per heavy atom. The van der Waals surface area contributed by atoms with E-state index in [-0.39, 0.29) is 0 Å². The van der Waals surface area contributed by atoms with Crippen LogP contribution in [0.4, 0.5) is 0 Å². The van der Waals surface area contributed by atoms with Crippen molar-refractivity contribution < 1.29 is 0 Å². The molecule has 0 aliphatic carbocycles. The van der Waals surface area contributed by atoms with E-state index in [1.54, 1.807) is 0 Å². The van der Waals surface area contributed by atoms with E-state index in [1.165, 1.54) is 24.9 Å². The molecule has 2 nitrogen and oxygen atoms in total. The molecular formula is C17H28N2. The van der Waals surface area contributed by atoms with Crippen molar-refractivity contribution in [3.63, 3.8) is 0 Å². The van der Waals surface area contributed by atoms with Gasteiger partial charge in [0.2, 0.25) is 0 Å². The third kappa shape index (κ3) is 3.80. The van der Waals surface area contributed by atoms with E-state index in [9.17, 15) is 0 Å². The van der Waals surface area contributed by atoms with Crippen molar-refractivity contribution in [2.24, 2.45) is 5.92 Å². The van der Waals surface area contributed by atoms with E-state index >= 15 is 0 Å². The minimum atomic E-state index is 0.513. The largest absolute Gasteiger partial charge is 0.315 e. The lowest BCUT2D eigenvalue weighted by Crippen LogP contribution is -2.46. The number of hydrogen-bond donors (Lipinski definition) is 1. The fourth-order valence-corrected chi connectivity index (χ4v) is 3.14. The molecule has 0 bridgehead atoms. The Balaban J connectivity index is 2.16. The van der Waals surface area contributed by atoms with Crippen LogP contribution in [0.2, 0.25) is 0 Å². The first kappa shape index (κ1) is 14.5. The fourth-order valence-electron chi connectivity index (χ4n) is 3.14. The first-order chi connectivity index (χ1) is 9.22. The van der Waals surface area contributed by atoms with E-state index < -0.39 is 0 Å². The molecular weight excluding hydrogens is 232 g/mol. The summed E-state index contributed by atoms with van der Waals surface area (Å²) in [6, 6.07) is 12.2. The molecule has 0 spiro atoms. The molecule has 0 radical (unpaired) electrons. The number of nitrogens with one attached hydrogen (secondary N) is 1. The highest BCUT2D eigenvalue weighted by Crippen LogP contribution is 2.30. The van der Waals surface area contributed by atoms with Gasteiger partial charge in [0.25, 0.3) is 0 Å². The van der Waals surface area contributed by atoms with Crippen molar-refractivity contribution in [3.8, 4) is 0 Å². The predicted molar refractivity (Wildman–Crippen MR) is 82.3 cm³/mol. The molecule has 1 aliphatic heterocycles. The van der Waals surface area contributed by atoms with Gasteiger partial charge in [0, 0.05) is 25.2 Å². The highest BCUT2D eigenvalue weighted by Gasteiger charge is 2.29. The molecule has 106 valence electrons. The molecule has 0 aromatic heterocycles. The summed E-state index contributed by atoms with van der Waals surface area (Å²) in [7, 11) is 0. The maximum absolute atomic E-state index is 3.54. The maximum Gasteiger partial charge on any atom is 0.0475 e. The number of piperidine rings is 1. The molecule has 3 atom stereocenters. The second kappa shape index (κ2) is 7.06. The zero-order valence-electron chi connectivity index (χ0n) is 12.6. The van der Waals surface area contributed by atoms with Crippen LogP contribution in [0.5, 0.6) is 0 Å². The zero-order valence-corrected chi connectivity index (χ0v) is 12.6. The topological polar surface area (TPSA) is 15.3 Å². The molecule has 1 aromatic rings. The van der Waals surface area contributed by atoms with Crippen molar-refractivity contribution in [2.45, 2.75) is 45.7 Å². The van der Waals surface area contributed by atoms with Crippen molar-refractivity contribution >= 4 is 0 Å². The molecule has 19 heavy (non-hydrogen) atoms. The zero-order chi connectivity index (χ0) is 13.7. The Morgan fingerprint density at radius 3 is 2.63 bits per heavy atom. The molecule has 2 heteroatoms. The second-order valence-corrected chi connectivity index (χ2v) is 5.96. The molecule has 3 unspecified atom stereocenters. The first-order valence-electron chi connectivity index (χ1n) is 7.73. The van der Waals surface area contributed by atoms with Gasteiger partial charge < -0.3 is 5.32 Å². The number of nitrogens with zero attached hydrogens (tertiary/aromatic N) is 1. The average Bonchev–Trinajstić information content (AvgIpc) is 2.44. The molecule has 0 saturated carbocycles. The van der Waals surface area contributed by atoms with Crippen molar-refractivity contribution in [1.82, 2.24) is 10.2 Å². The minimum Gasteiger partial charge on any atom is -0.315 e. The summed E-state index contributed by atoms with van der Waals surface area (Å²) in [4.78, 5) is 2.70. The number of likely N-dealkylation sites (tertiary alicyclic amines) is 1. The van der Waals surface area contributed by atoms with Gasteiger partial charge in [-0.2, -0.15) is 0 Å². The van der Waals surface area contributed by atoms with Crippen molar-refractivity contribution in [2.75, 3.05) is 19.6 Å². The molecule has 0 amide bonds. The van der Waals surface area contributed by atoms with Gasteiger partial charge >= 0.3 is 0 Å².